The number of nitrogens with zero attached hydrogens (tertiary/aromatic N) is 21. The molecule has 4 saturated heterocycles. The first kappa shape index (κ1) is 87.4. The molecule has 13 heterocycles. The van der Waals surface area contributed by atoms with E-state index in [1.807, 2.05) is 230 Å². The number of methoxy groups -OCH3 is 1. The summed E-state index contributed by atoms with van der Waals surface area (Å²) in [5.41, 5.74) is 7.19. The van der Waals surface area contributed by atoms with E-state index in [0.29, 0.717) is 75.9 Å². The third-order valence-corrected chi connectivity index (χ3v) is 25.8. The first-order valence-electron chi connectivity index (χ1n) is 43.5. The molecule has 650 valence electrons. The van der Waals surface area contributed by atoms with Crippen molar-refractivity contribution in [3.05, 3.63) is 287 Å². The molecule has 0 aliphatic carbocycles. The summed E-state index contributed by atoms with van der Waals surface area (Å²) in [4.78, 5) is 67.0. The van der Waals surface area contributed by atoms with Crippen LogP contribution in [0.15, 0.2) is 238 Å². The summed E-state index contributed by atoms with van der Waals surface area (Å²) in [5, 5.41) is 39.3. The topological polar surface area (TPSA) is 244 Å². The molecular formula is C96H96Br4ClN21O5. The second-order valence-corrected chi connectivity index (χ2v) is 36.2. The second-order valence-electron chi connectivity index (χ2n) is 32.1. The van der Waals surface area contributed by atoms with Gasteiger partial charge < -0.3 is 24.3 Å². The van der Waals surface area contributed by atoms with Crippen LogP contribution >= 0.6 is 75.3 Å². The zero-order valence-corrected chi connectivity index (χ0v) is 77.6. The Balaban J connectivity index is 0.000000119. The Kier molecular flexibility index (Phi) is 28.2. The van der Waals surface area contributed by atoms with Crippen LogP contribution in [0.25, 0.3) is 91.0 Å². The Morgan fingerprint density at radius 2 is 0.598 bits per heavy atom. The van der Waals surface area contributed by atoms with Crippen LogP contribution in [0.5, 0.6) is 5.75 Å². The van der Waals surface area contributed by atoms with Crippen LogP contribution in [0.1, 0.15) is 125 Å². The van der Waals surface area contributed by atoms with Crippen molar-refractivity contribution in [3.63, 3.8) is 0 Å². The molecule has 0 unspecified atom stereocenters. The maximum atomic E-state index is 13.5. The van der Waals surface area contributed by atoms with Crippen molar-refractivity contribution in [2.45, 2.75) is 129 Å². The van der Waals surface area contributed by atoms with Gasteiger partial charge in [-0.15, -0.1) is 40.8 Å². The lowest BCUT2D eigenvalue weighted by molar-refractivity contribution is 0.415. The van der Waals surface area contributed by atoms with E-state index in [2.05, 4.69) is 129 Å². The number of benzene rings is 7. The van der Waals surface area contributed by atoms with Gasteiger partial charge in [0.25, 0.3) is 22.2 Å². The fraction of sp³-hybridized carbons (Fsp3) is 0.302. The van der Waals surface area contributed by atoms with Crippen molar-refractivity contribution in [2.75, 3.05) is 79.1 Å². The maximum absolute atomic E-state index is 13.5. The molecule has 4 aliphatic rings. The largest absolute Gasteiger partial charge is 0.497 e. The van der Waals surface area contributed by atoms with Gasteiger partial charge in [0, 0.05) is 114 Å². The summed E-state index contributed by atoms with van der Waals surface area (Å²) >= 11 is 20.1. The van der Waals surface area contributed by atoms with Gasteiger partial charge in [-0.3, -0.25) is 42.4 Å². The average molecular weight is 1980 g/mol. The summed E-state index contributed by atoms with van der Waals surface area (Å²) < 4.78 is 23.7. The Morgan fingerprint density at radius 3 is 0.882 bits per heavy atom. The summed E-state index contributed by atoms with van der Waals surface area (Å²) in [6.07, 6.45) is 38.5. The van der Waals surface area contributed by atoms with E-state index in [-0.39, 0.29) is 22.2 Å². The Bertz CT molecular complexity index is 6790. The summed E-state index contributed by atoms with van der Waals surface area (Å²) in [6, 6.07) is 52.6. The summed E-state index contributed by atoms with van der Waals surface area (Å²) in [5.74, 6) is 6.34. The van der Waals surface area contributed by atoms with Crippen LogP contribution in [0.2, 0.25) is 5.02 Å². The van der Waals surface area contributed by atoms with Gasteiger partial charge in [-0.2, -0.15) is 0 Å². The molecule has 26 nitrogen and oxygen atoms in total. The molecule has 127 heavy (non-hydrogen) atoms. The minimum absolute atomic E-state index is 0.0590. The Labute approximate surface area is 771 Å². The van der Waals surface area contributed by atoms with Crippen molar-refractivity contribution in [2.24, 2.45) is 0 Å². The van der Waals surface area contributed by atoms with Gasteiger partial charge in [0.05, 0.1) is 50.7 Å². The third kappa shape index (κ3) is 19.7. The van der Waals surface area contributed by atoms with Crippen LogP contribution < -0.4 is 46.6 Å². The molecule has 0 saturated carbocycles. The summed E-state index contributed by atoms with van der Waals surface area (Å²) in [6.45, 7) is 9.28. The number of hydrogen-bond donors (Lipinski definition) is 0. The molecule has 0 spiro atoms. The van der Waals surface area contributed by atoms with E-state index >= 15 is 0 Å². The molecule has 20 rings (SSSR count). The molecule has 7 aromatic carbocycles. The number of ether oxygens (including phenoxy) is 1. The molecular weight excluding hydrogens is 1880 g/mol. The van der Waals surface area contributed by atoms with Crippen LogP contribution in [0, 0.1) is 0 Å². The van der Waals surface area contributed by atoms with Crippen molar-refractivity contribution < 1.29 is 4.74 Å². The van der Waals surface area contributed by atoms with E-state index in [1.165, 1.54) is 51.4 Å². The number of anilines is 4. The molecule has 0 amide bonds. The first-order valence-corrected chi connectivity index (χ1v) is 47.1. The minimum atomic E-state index is -0.0793. The number of pyridine rings is 1. The highest BCUT2D eigenvalue weighted by Gasteiger charge is 2.27. The van der Waals surface area contributed by atoms with Crippen molar-refractivity contribution >= 4 is 190 Å². The molecule has 16 aromatic rings. The maximum Gasteiger partial charge on any atom is 0.263 e. The van der Waals surface area contributed by atoms with Gasteiger partial charge in [-0.25, -0.2) is 17.6 Å². The lowest BCUT2D eigenvalue weighted by Crippen LogP contribution is -2.28. The van der Waals surface area contributed by atoms with E-state index < -0.39 is 0 Å². The van der Waals surface area contributed by atoms with E-state index in [1.54, 1.807) is 37.8 Å². The van der Waals surface area contributed by atoms with Crippen LogP contribution in [0.3, 0.4) is 0 Å². The molecule has 0 bridgehead atoms. The lowest BCUT2D eigenvalue weighted by atomic mass is 10.2. The van der Waals surface area contributed by atoms with Crippen LogP contribution in [-0.2, 0) is 26.2 Å². The van der Waals surface area contributed by atoms with Crippen LogP contribution in [0.4, 0.5) is 23.8 Å². The normalized spacial score (nSPS) is 15.1. The fourth-order valence-corrected chi connectivity index (χ4v) is 18.7. The molecule has 4 aliphatic heterocycles. The van der Waals surface area contributed by atoms with Gasteiger partial charge in [-0.1, -0.05) is 236 Å². The lowest BCUT2D eigenvalue weighted by Gasteiger charge is -2.20. The number of halogens is 5. The van der Waals surface area contributed by atoms with Gasteiger partial charge in [0.1, 0.15) is 5.75 Å². The van der Waals surface area contributed by atoms with E-state index in [0.717, 1.165) is 195 Å². The number of allylic oxidation sites excluding steroid dienone is 4. The van der Waals surface area contributed by atoms with E-state index in [9.17, 15) is 19.2 Å². The number of fused-ring (bicyclic) bond motifs is 12. The van der Waals surface area contributed by atoms with Gasteiger partial charge in [0.2, 0.25) is 46.9 Å². The van der Waals surface area contributed by atoms with Gasteiger partial charge >= 0.3 is 0 Å². The highest BCUT2D eigenvalue weighted by atomic mass is 79.9. The van der Waals surface area contributed by atoms with E-state index in [4.69, 9.17) is 16.3 Å². The highest BCUT2D eigenvalue weighted by Crippen LogP contribution is 2.32. The predicted octanol–water partition coefficient (Wildman–Crippen LogP) is 19.7. The first-order chi connectivity index (χ1) is 62.2. The standard InChI is InChI=1S/C25H26BrN5O2.C24H23BrClN5O.C24H24BrN5O.C23H23BrN6O/c1-33-20-11-8-18(9-12-20)7-6-16-30-23(32)21-17-19(26)10-13-22(21)31-24(27-28-25(30)31)29-14-4-2-3-5-15-29;25-18-9-12-21-20(16-18)22(32)30(15-5-6-17-7-10-19(26)11-8-17)24-28-27-23(31(21)24)29-13-3-1-2-4-14-29;25-19-12-13-21-20(17-19)22(31)29(16-8-11-18-9-4-3-5-10-18)24-27-26-23(30(21)24)28-14-6-1-2-7-15-28;24-18-9-10-20-19(15-18)21(31)29(14-6-8-17-7-5-11-25-16-17)23-27-26-22(30(20)23)28-12-3-1-2-4-13-28/h6-13,17H,2-5,14-16H2,1H3;5-12,16H,1-4,13-15H2;3-5,8-13,17H,1-2,6-7,14-16H2;5-11,15-16H,1-4,12-14H2. The molecule has 0 atom stereocenters. The molecule has 0 N–H and O–H groups in total. The Hall–Kier alpha value is -11.7. The fourth-order valence-electron chi connectivity index (χ4n) is 17.1. The monoisotopic (exact) mass is 1970 g/mol. The minimum Gasteiger partial charge on any atom is -0.497 e. The third-order valence-electron chi connectivity index (χ3n) is 23.6. The molecule has 4 fully saturated rings. The Morgan fingerprint density at radius 1 is 0.323 bits per heavy atom. The van der Waals surface area contributed by atoms with Crippen molar-refractivity contribution in [1.82, 2.24) is 81.6 Å². The van der Waals surface area contributed by atoms with Crippen molar-refractivity contribution in [3.8, 4) is 5.75 Å². The highest BCUT2D eigenvalue weighted by molar-refractivity contribution is 9.11. The van der Waals surface area contributed by atoms with Crippen LogP contribution in [-0.4, -0.2) is 141 Å². The van der Waals surface area contributed by atoms with Gasteiger partial charge in [0.15, 0.2) is 0 Å². The van der Waals surface area contributed by atoms with Crippen molar-refractivity contribution in [1.29, 1.82) is 0 Å². The zero-order valence-electron chi connectivity index (χ0n) is 70.5. The molecule has 31 heteroatoms. The smallest absolute Gasteiger partial charge is 0.263 e. The summed E-state index contributed by atoms with van der Waals surface area (Å²) in [7, 11) is 1.65. The number of rotatable bonds is 17. The predicted molar refractivity (Wildman–Crippen MR) is 524 cm³/mol. The second kappa shape index (κ2) is 40.9. The number of aromatic nitrogens is 17. The average Bonchev–Trinajstić information content (AvgIpc) is 1.66. The zero-order chi connectivity index (χ0) is 87.3. The molecule has 0 radical (unpaired) electrons. The SMILES string of the molecule is COc1ccc(C=CCn2c(=O)c3cc(Br)ccc3n3c(N4CCCCCC4)nnc23)cc1.O=c1c2cc(Br)ccc2n2c(N3CCCCCC3)nnc2n1CC=Cc1ccc(Cl)cc1.O=c1c2cc(Br)ccc2n2c(N3CCCCCC3)nnc2n1CC=Cc1ccccc1.O=c1c2cc(Br)ccc2n2c(N3CCCCCC3)nnc2n1CC=Cc1cccnc1. The molecule has 9 aromatic heterocycles. The quantitative estimate of drug-likeness (QED) is 0.0822. The van der Waals surface area contributed by atoms with Gasteiger partial charge in [-0.05, 0) is 177 Å². The number of hydrogen-bond acceptors (Lipinski definition) is 18.